The fourth-order valence-corrected chi connectivity index (χ4v) is 3.74. The summed E-state index contributed by atoms with van der Waals surface area (Å²) in [5.74, 6) is 12.7. The van der Waals surface area contributed by atoms with E-state index in [0.717, 1.165) is 34.1 Å². The van der Waals surface area contributed by atoms with Crippen LogP contribution in [-0.2, 0) is 6.42 Å². The van der Waals surface area contributed by atoms with Gasteiger partial charge in [-0.2, -0.15) is 0 Å². The van der Waals surface area contributed by atoms with E-state index in [0.29, 0.717) is 10.9 Å². The number of benzene rings is 4. The van der Waals surface area contributed by atoms with E-state index >= 15 is 0 Å². The molecule has 162 valence electrons. The van der Waals surface area contributed by atoms with Crippen molar-refractivity contribution in [1.29, 1.82) is 0 Å². The molecule has 1 heteroatoms. The predicted molar refractivity (Wildman–Crippen MR) is 137 cm³/mol. The van der Waals surface area contributed by atoms with Crippen LogP contribution < -0.4 is 0 Å². The second-order valence-electron chi connectivity index (χ2n) is 8.36. The Hall–Kier alpha value is -3.81. The lowest BCUT2D eigenvalue weighted by molar-refractivity contribution is 0.631. The largest absolute Gasteiger partial charge is 0.206 e. The van der Waals surface area contributed by atoms with Crippen molar-refractivity contribution >= 4 is 10.8 Å². The minimum atomic E-state index is -0.161. The van der Waals surface area contributed by atoms with Crippen LogP contribution in [0.15, 0.2) is 78.9 Å². The third-order valence-corrected chi connectivity index (χ3v) is 5.76. The van der Waals surface area contributed by atoms with Crippen molar-refractivity contribution in [1.82, 2.24) is 0 Å². The summed E-state index contributed by atoms with van der Waals surface area (Å²) in [6.45, 7) is 4.01. The van der Waals surface area contributed by atoms with Gasteiger partial charge in [-0.05, 0) is 84.8 Å². The van der Waals surface area contributed by atoms with Crippen molar-refractivity contribution in [3.63, 3.8) is 0 Å². The Kier molecular flexibility index (Phi) is 7.24. The van der Waals surface area contributed by atoms with Gasteiger partial charge in [-0.3, -0.25) is 0 Å². The summed E-state index contributed by atoms with van der Waals surface area (Å²) in [5.41, 5.74) is 5.82. The van der Waals surface area contributed by atoms with Gasteiger partial charge in [-0.25, -0.2) is 4.39 Å². The van der Waals surface area contributed by atoms with Crippen molar-refractivity contribution in [3.05, 3.63) is 118 Å². The first-order valence-electron chi connectivity index (χ1n) is 11.5. The highest BCUT2D eigenvalue weighted by atomic mass is 19.1. The summed E-state index contributed by atoms with van der Waals surface area (Å²) in [5, 5.41) is 1.50. The van der Waals surface area contributed by atoms with E-state index in [4.69, 9.17) is 0 Å². The van der Waals surface area contributed by atoms with Gasteiger partial charge in [0.1, 0.15) is 5.82 Å². The predicted octanol–water partition coefficient (Wildman–Crippen LogP) is 7.82. The highest BCUT2D eigenvalue weighted by molar-refractivity contribution is 5.85. The smallest absolute Gasteiger partial charge is 0.133 e. The van der Waals surface area contributed by atoms with Crippen LogP contribution in [0.3, 0.4) is 0 Å². The van der Waals surface area contributed by atoms with E-state index in [-0.39, 0.29) is 5.82 Å². The Bertz CT molecular complexity index is 1370. The van der Waals surface area contributed by atoms with E-state index in [1.807, 2.05) is 42.5 Å². The van der Waals surface area contributed by atoms with Gasteiger partial charge in [0.25, 0.3) is 0 Å². The van der Waals surface area contributed by atoms with Crippen LogP contribution in [-0.4, -0.2) is 0 Å². The molecule has 0 aliphatic heterocycles. The maximum atomic E-state index is 14.2. The molecule has 0 aliphatic carbocycles. The highest BCUT2D eigenvalue weighted by Crippen LogP contribution is 2.21. The third kappa shape index (κ3) is 5.91. The van der Waals surface area contributed by atoms with Crippen molar-refractivity contribution in [3.8, 4) is 23.7 Å². The molecule has 0 amide bonds. The van der Waals surface area contributed by atoms with Crippen molar-refractivity contribution in [2.75, 3.05) is 0 Å². The fraction of sp³-hybridized carbons (Fsp3) is 0.188. The van der Waals surface area contributed by atoms with Crippen LogP contribution in [0.4, 0.5) is 4.39 Å². The Labute approximate surface area is 196 Å². The molecule has 0 fully saturated rings. The van der Waals surface area contributed by atoms with Gasteiger partial charge >= 0.3 is 0 Å². The summed E-state index contributed by atoms with van der Waals surface area (Å²) < 4.78 is 14.2. The maximum absolute atomic E-state index is 14.2. The first-order chi connectivity index (χ1) is 16.1. The van der Waals surface area contributed by atoms with Gasteiger partial charge in [0.15, 0.2) is 0 Å². The average Bonchev–Trinajstić information content (AvgIpc) is 2.85. The molecule has 33 heavy (non-hydrogen) atoms. The second-order valence-corrected chi connectivity index (χ2v) is 8.36. The SMILES string of the molecule is CCCCCc1ccc(C#Cc2ccc(C#Cc3ccc4c(F)c(C)ccc4c3)cc2)cc1. The number of hydrogen-bond donors (Lipinski definition) is 0. The molecule has 4 aromatic carbocycles. The second kappa shape index (κ2) is 10.7. The molecular formula is C32H27F. The van der Waals surface area contributed by atoms with Crippen LogP contribution in [0.1, 0.15) is 59.6 Å². The zero-order chi connectivity index (χ0) is 23.0. The number of halogens is 1. The third-order valence-electron chi connectivity index (χ3n) is 5.76. The van der Waals surface area contributed by atoms with Crippen molar-refractivity contribution in [2.45, 2.75) is 39.5 Å². The molecule has 0 saturated heterocycles. The summed E-state index contributed by atoms with van der Waals surface area (Å²) in [7, 11) is 0. The molecule has 4 rings (SSSR count). The topological polar surface area (TPSA) is 0 Å². The van der Waals surface area contributed by atoms with Gasteiger partial charge in [0.05, 0.1) is 0 Å². The number of rotatable bonds is 4. The average molecular weight is 431 g/mol. The van der Waals surface area contributed by atoms with Gasteiger partial charge < -0.3 is 0 Å². The molecule has 0 atom stereocenters. The molecule has 0 aromatic heterocycles. The zero-order valence-electron chi connectivity index (χ0n) is 19.2. The number of unbranched alkanes of at least 4 members (excludes halogenated alkanes) is 2. The number of hydrogen-bond acceptors (Lipinski definition) is 0. The molecule has 0 aliphatic rings. The van der Waals surface area contributed by atoms with Crippen LogP contribution in [0.5, 0.6) is 0 Å². The first kappa shape index (κ1) is 22.4. The molecule has 0 spiro atoms. The Morgan fingerprint density at radius 1 is 0.636 bits per heavy atom. The van der Waals surface area contributed by atoms with E-state index < -0.39 is 0 Å². The van der Waals surface area contributed by atoms with Crippen LogP contribution in [0.2, 0.25) is 0 Å². The number of fused-ring (bicyclic) bond motifs is 1. The lowest BCUT2D eigenvalue weighted by Crippen LogP contribution is -1.86. The zero-order valence-corrected chi connectivity index (χ0v) is 19.2. The lowest BCUT2D eigenvalue weighted by atomic mass is 10.0. The van der Waals surface area contributed by atoms with E-state index in [1.54, 1.807) is 19.1 Å². The normalized spacial score (nSPS) is 10.3. The molecule has 0 radical (unpaired) electrons. The van der Waals surface area contributed by atoms with Gasteiger partial charge in [0, 0.05) is 27.6 Å². The highest BCUT2D eigenvalue weighted by Gasteiger charge is 2.03. The molecule has 4 aromatic rings. The monoisotopic (exact) mass is 430 g/mol. The quantitative estimate of drug-likeness (QED) is 0.229. The molecule has 0 bridgehead atoms. The number of aryl methyl sites for hydroxylation is 2. The summed E-state index contributed by atoms with van der Waals surface area (Å²) in [6, 6.07) is 25.9. The minimum Gasteiger partial charge on any atom is -0.206 e. The van der Waals surface area contributed by atoms with Gasteiger partial charge in [0.2, 0.25) is 0 Å². The molecule has 0 unspecified atom stereocenters. The molecule has 0 saturated carbocycles. The lowest BCUT2D eigenvalue weighted by Gasteiger charge is -2.03. The Morgan fingerprint density at radius 2 is 1.18 bits per heavy atom. The van der Waals surface area contributed by atoms with Gasteiger partial charge in [-0.1, -0.05) is 73.8 Å². The first-order valence-corrected chi connectivity index (χ1v) is 11.5. The van der Waals surface area contributed by atoms with Crippen LogP contribution in [0, 0.1) is 36.4 Å². The molecule has 0 heterocycles. The van der Waals surface area contributed by atoms with Crippen molar-refractivity contribution in [2.24, 2.45) is 0 Å². The summed E-state index contributed by atoms with van der Waals surface area (Å²) in [4.78, 5) is 0. The van der Waals surface area contributed by atoms with E-state index in [2.05, 4.69) is 54.9 Å². The Balaban J connectivity index is 1.42. The standard InChI is InChI=1S/C32H27F/c1-3-4-5-6-25-8-10-26(11-9-25)12-13-27-14-16-28(17-15-27)18-19-29-20-22-31-30(23-29)21-7-24(2)32(31)33/h7-11,14-17,20-23H,3-6H2,1-2H3. The molecule has 0 nitrogen and oxygen atoms in total. The molecule has 0 N–H and O–H groups in total. The van der Waals surface area contributed by atoms with E-state index in [9.17, 15) is 4.39 Å². The summed E-state index contributed by atoms with van der Waals surface area (Å²) >= 11 is 0. The van der Waals surface area contributed by atoms with E-state index in [1.165, 1.54) is 24.8 Å². The summed E-state index contributed by atoms with van der Waals surface area (Å²) in [6.07, 6.45) is 4.91. The van der Waals surface area contributed by atoms with Crippen molar-refractivity contribution < 1.29 is 4.39 Å². The molecular weight excluding hydrogens is 403 g/mol. The van der Waals surface area contributed by atoms with Crippen LogP contribution >= 0.6 is 0 Å². The fourth-order valence-electron chi connectivity index (χ4n) is 3.74. The maximum Gasteiger partial charge on any atom is 0.133 e. The van der Waals surface area contributed by atoms with Gasteiger partial charge in [-0.15, -0.1) is 0 Å². The Morgan fingerprint density at radius 3 is 1.79 bits per heavy atom. The minimum absolute atomic E-state index is 0.161. The van der Waals surface area contributed by atoms with Crippen LogP contribution in [0.25, 0.3) is 10.8 Å².